The summed E-state index contributed by atoms with van der Waals surface area (Å²) in [5, 5.41) is 0. The first-order valence-electron chi connectivity index (χ1n) is 6.05. The van der Waals surface area contributed by atoms with Crippen LogP contribution in [0.4, 0.5) is 0 Å². The van der Waals surface area contributed by atoms with E-state index in [-0.39, 0.29) is 17.5 Å². The van der Waals surface area contributed by atoms with Crippen LogP contribution in [0.1, 0.15) is 20.8 Å². The van der Waals surface area contributed by atoms with E-state index in [0.717, 1.165) is 0 Å². The summed E-state index contributed by atoms with van der Waals surface area (Å²) in [4.78, 5) is 24.1. The first kappa shape index (κ1) is 17.4. The average Bonchev–Trinajstić information content (AvgIpc) is 2.34. The first-order valence-corrected chi connectivity index (χ1v) is 6.05. The van der Waals surface area contributed by atoms with Crippen LogP contribution < -0.4 is 0 Å². The third-order valence-corrected chi connectivity index (χ3v) is 2.51. The van der Waals surface area contributed by atoms with E-state index < -0.39 is 0 Å². The Labute approximate surface area is 114 Å². The third kappa shape index (κ3) is 8.15. The minimum absolute atomic E-state index is 0.0824. The number of hydrogen-bond acceptors (Lipinski definition) is 5. The molecule has 0 aliphatic heterocycles. The quantitative estimate of drug-likeness (QED) is 0.541. The molecule has 0 fully saturated rings. The second kappa shape index (κ2) is 8.48. The molecule has 0 aliphatic carbocycles. The summed E-state index contributed by atoms with van der Waals surface area (Å²) in [5.74, 6) is -0.752. The van der Waals surface area contributed by atoms with Gasteiger partial charge in [-0.05, 0) is 20.8 Å². The van der Waals surface area contributed by atoms with E-state index in [0.29, 0.717) is 13.1 Å². The molecule has 5 nitrogen and oxygen atoms in total. The highest BCUT2D eigenvalue weighted by atomic mass is 16.5. The number of hydrogen-bond donors (Lipinski definition) is 0. The van der Waals surface area contributed by atoms with Crippen molar-refractivity contribution in [1.82, 2.24) is 4.90 Å². The molecule has 0 aliphatic rings. The van der Waals surface area contributed by atoms with Crippen molar-refractivity contribution in [3.63, 3.8) is 0 Å². The molecule has 0 unspecified atom stereocenters. The summed E-state index contributed by atoms with van der Waals surface area (Å²) < 4.78 is 9.05. The Morgan fingerprint density at radius 2 is 1.32 bits per heavy atom. The van der Waals surface area contributed by atoms with Crippen molar-refractivity contribution in [3.8, 4) is 0 Å². The molecule has 0 spiro atoms. The van der Waals surface area contributed by atoms with Crippen LogP contribution >= 0.6 is 0 Å². The zero-order valence-electron chi connectivity index (χ0n) is 12.3. The molecular formula is C14H23NO4. The maximum atomic E-state index is 11.0. The molecule has 0 saturated heterocycles. The Balaban J connectivity index is 4.49. The van der Waals surface area contributed by atoms with Crippen LogP contribution in [0.3, 0.4) is 0 Å². The van der Waals surface area contributed by atoms with Gasteiger partial charge in [0, 0.05) is 30.8 Å². The van der Waals surface area contributed by atoms with Crippen LogP contribution in [-0.2, 0) is 19.1 Å². The van der Waals surface area contributed by atoms with Gasteiger partial charge >= 0.3 is 11.9 Å². The molecule has 0 bridgehead atoms. The van der Waals surface area contributed by atoms with Gasteiger partial charge in [0.2, 0.25) is 0 Å². The predicted molar refractivity (Wildman–Crippen MR) is 73.6 cm³/mol. The summed E-state index contributed by atoms with van der Waals surface area (Å²) in [6, 6.07) is 0. The molecule has 0 aromatic heterocycles. The normalized spacial score (nSPS) is 12.3. The number of ether oxygens (including phenoxy) is 2. The molecule has 0 radical (unpaired) electrons. The Bertz CT molecular complexity index is 325. The first-order chi connectivity index (χ1) is 8.81. The van der Waals surface area contributed by atoms with E-state index in [1.807, 2.05) is 0 Å². The lowest BCUT2D eigenvalue weighted by Crippen LogP contribution is -2.41. The largest absolute Gasteiger partial charge is 0.466 e. The topological polar surface area (TPSA) is 55.8 Å². The van der Waals surface area contributed by atoms with Crippen LogP contribution in [0.5, 0.6) is 0 Å². The zero-order valence-corrected chi connectivity index (χ0v) is 12.3. The zero-order chi connectivity index (χ0) is 14.9. The fourth-order valence-corrected chi connectivity index (χ4v) is 1.31. The summed E-state index contributed by atoms with van der Waals surface area (Å²) in [6.45, 7) is 7.36. The van der Waals surface area contributed by atoms with Crippen LogP contribution in [0.15, 0.2) is 24.3 Å². The molecule has 0 aromatic carbocycles. The van der Waals surface area contributed by atoms with Gasteiger partial charge in [0.15, 0.2) is 0 Å². The number of carbonyl (C=O) groups is 2. The standard InChI is InChI=1S/C14H23NO4/c1-14(2,3)15(10-6-8-12(16)18-4)11-7-9-13(17)19-5/h6-9H,10-11H2,1-5H3/b8-6+,9-7+. The Hall–Kier alpha value is -1.62. The molecule has 0 saturated carbocycles. The smallest absolute Gasteiger partial charge is 0.330 e. The van der Waals surface area contributed by atoms with Gasteiger partial charge in [-0.1, -0.05) is 12.2 Å². The number of esters is 2. The van der Waals surface area contributed by atoms with E-state index >= 15 is 0 Å². The van der Waals surface area contributed by atoms with Crippen molar-refractivity contribution >= 4 is 11.9 Å². The van der Waals surface area contributed by atoms with Crippen LogP contribution in [0, 0.1) is 0 Å². The lowest BCUT2D eigenvalue weighted by Gasteiger charge is -2.33. The maximum Gasteiger partial charge on any atom is 0.330 e. The van der Waals surface area contributed by atoms with Gasteiger partial charge in [-0.15, -0.1) is 0 Å². The highest BCUT2D eigenvalue weighted by Crippen LogP contribution is 2.12. The van der Waals surface area contributed by atoms with Gasteiger partial charge in [-0.2, -0.15) is 0 Å². The van der Waals surface area contributed by atoms with Crippen molar-refractivity contribution in [2.75, 3.05) is 27.3 Å². The Morgan fingerprint density at radius 1 is 0.947 bits per heavy atom. The lowest BCUT2D eigenvalue weighted by atomic mass is 10.1. The van der Waals surface area contributed by atoms with Crippen LogP contribution in [0.25, 0.3) is 0 Å². The third-order valence-electron chi connectivity index (χ3n) is 2.51. The molecule has 0 rings (SSSR count). The van der Waals surface area contributed by atoms with Crippen molar-refractivity contribution in [2.24, 2.45) is 0 Å². The van der Waals surface area contributed by atoms with Gasteiger partial charge in [-0.25, -0.2) is 9.59 Å². The van der Waals surface area contributed by atoms with E-state index in [4.69, 9.17) is 0 Å². The monoisotopic (exact) mass is 269 g/mol. The second-order valence-corrected chi connectivity index (χ2v) is 4.93. The average molecular weight is 269 g/mol. The highest BCUT2D eigenvalue weighted by molar-refractivity contribution is 5.82. The molecular weight excluding hydrogens is 246 g/mol. The van der Waals surface area contributed by atoms with E-state index in [9.17, 15) is 9.59 Å². The fourth-order valence-electron chi connectivity index (χ4n) is 1.31. The fraction of sp³-hybridized carbons (Fsp3) is 0.571. The number of nitrogens with zero attached hydrogens (tertiary/aromatic N) is 1. The molecule has 0 atom stereocenters. The lowest BCUT2D eigenvalue weighted by molar-refractivity contribution is -0.135. The van der Waals surface area contributed by atoms with E-state index in [1.165, 1.54) is 26.4 Å². The molecule has 0 N–H and O–H groups in total. The van der Waals surface area contributed by atoms with Crippen molar-refractivity contribution in [1.29, 1.82) is 0 Å². The SMILES string of the molecule is COC(=O)/C=C/CN(C/C=C/C(=O)OC)C(C)(C)C. The minimum atomic E-state index is -0.376. The second-order valence-electron chi connectivity index (χ2n) is 4.93. The molecule has 5 heteroatoms. The van der Waals surface area contributed by atoms with Gasteiger partial charge in [-0.3, -0.25) is 4.90 Å². The maximum absolute atomic E-state index is 11.0. The van der Waals surface area contributed by atoms with E-state index in [2.05, 4.69) is 35.1 Å². The number of carbonyl (C=O) groups excluding carboxylic acids is 2. The van der Waals surface area contributed by atoms with E-state index in [1.54, 1.807) is 12.2 Å². The van der Waals surface area contributed by atoms with Gasteiger partial charge < -0.3 is 9.47 Å². The summed E-state index contributed by atoms with van der Waals surface area (Å²) >= 11 is 0. The molecule has 0 aromatic rings. The molecule has 19 heavy (non-hydrogen) atoms. The van der Waals surface area contributed by atoms with Crippen molar-refractivity contribution in [3.05, 3.63) is 24.3 Å². The predicted octanol–water partition coefficient (Wildman–Crippen LogP) is 1.55. The van der Waals surface area contributed by atoms with Gasteiger partial charge in [0.25, 0.3) is 0 Å². The van der Waals surface area contributed by atoms with Gasteiger partial charge in [0.1, 0.15) is 0 Å². The molecule has 108 valence electrons. The van der Waals surface area contributed by atoms with Crippen LogP contribution in [-0.4, -0.2) is 49.7 Å². The van der Waals surface area contributed by atoms with Crippen molar-refractivity contribution < 1.29 is 19.1 Å². The highest BCUT2D eigenvalue weighted by Gasteiger charge is 2.18. The Morgan fingerprint density at radius 3 is 1.58 bits per heavy atom. The summed E-state index contributed by atoms with van der Waals surface area (Å²) in [5.41, 5.74) is -0.0824. The number of rotatable bonds is 6. The molecule has 0 amide bonds. The molecule has 0 heterocycles. The minimum Gasteiger partial charge on any atom is -0.466 e. The van der Waals surface area contributed by atoms with Gasteiger partial charge in [0.05, 0.1) is 14.2 Å². The Kier molecular flexibility index (Phi) is 7.75. The number of methoxy groups -OCH3 is 2. The summed E-state index contributed by atoms with van der Waals surface area (Å²) in [7, 11) is 2.68. The summed E-state index contributed by atoms with van der Waals surface area (Å²) in [6.07, 6.45) is 6.26. The van der Waals surface area contributed by atoms with Crippen molar-refractivity contribution in [2.45, 2.75) is 26.3 Å². The van der Waals surface area contributed by atoms with Crippen LogP contribution in [0.2, 0.25) is 0 Å².